The molecule has 0 aromatic heterocycles. The second-order valence-corrected chi connectivity index (χ2v) is 8.59. The van der Waals surface area contributed by atoms with Crippen LogP contribution < -0.4 is 26.1 Å². The Labute approximate surface area is 209 Å². The van der Waals surface area contributed by atoms with Crippen molar-refractivity contribution in [1.29, 1.82) is 0 Å². The molecule has 1 saturated heterocycles. The summed E-state index contributed by atoms with van der Waals surface area (Å²) in [6.07, 6.45) is 2.37. The van der Waals surface area contributed by atoms with Crippen molar-refractivity contribution in [3.8, 4) is 5.75 Å². The van der Waals surface area contributed by atoms with Crippen LogP contribution in [0.5, 0.6) is 5.75 Å². The first kappa shape index (κ1) is 24.4. The fourth-order valence-electron chi connectivity index (χ4n) is 3.87. The predicted octanol–water partition coefficient (Wildman–Crippen LogP) is 5.27. The third-order valence-electron chi connectivity index (χ3n) is 5.64. The first-order chi connectivity index (χ1) is 17.0. The van der Waals surface area contributed by atoms with E-state index in [4.69, 9.17) is 16.3 Å². The van der Waals surface area contributed by atoms with Crippen molar-refractivity contribution in [3.05, 3.63) is 83.4 Å². The van der Waals surface area contributed by atoms with E-state index < -0.39 is 18.0 Å². The van der Waals surface area contributed by atoms with Gasteiger partial charge in [0, 0.05) is 40.7 Å². The van der Waals surface area contributed by atoms with Crippen LogP contribution in [0.15, 0.2) is 72.8 Å². The molecule has 0 radical (unpaired) electrons. The number of carbonyl (C=O) groups excluding carboxylic acids is 2. The van der Waals surface area contributed by atoms with E-state index in [-0.39, 0.29) is 0 Å². The summed E-state index contributed by atoms with van der Waals surface area (Å²) in [5, 5.41) is 11.1. The number of benzene rings is 3. The number of carbonyl (C=O) groups is 2. The van der Waals surface area contributed by atoms with Crippen LogP contribution in [-0.2, 0) is 4.79 Å². The maximum atomic E-state index is 13.3. The Morgan fingerprint density at radius 3 is 2.14 bits per heavy atom. The molecule has 0 aliphatic carbocycles. The molecule has 3 aromatic rings. The van der Waals surface area contributed by atoms with E-state index in [1.165, 1.54) is 20.0 Å². The van der Waals surface area contributed by atoms with Crippen molar-refractivity contribution in [1.82, 2.24) is 10.3 Å². The molecule has 3 aromatic carbocycles. The second kappa shape index (κ2) is 11.6. The van der Waals surface area contributed by atoms with Crippen LogP contribution in [0.4, 0.5) is 21.9 Å². The van der Waals surface area contributed by atoms with Gasteiger partial charge in [0.2, 0.25) is 0 Å². The summed E-state index contributed by atoms with van der Waals surface area (Å²) in [6.45, 7) is 2.03. The van der Waals surface area contributed by atoms with Gasteiger partial charge < -0.3 is 26.1 Å². The lowest BCUT2D eigenvalue weighted by atomic mass is 10.0. The second-order valence-electron chi connectivity index (χ2n) is 8.15. The van der Waals surface area contributed by atoms with Gasteiger partial charge in [-0.15, -0.1) is 0 Å². The van der Waals surface area contributed by atoms with Crippen LogP contribution in [0.1, 0.15) is 24.4 Å². The molecular weight excluding hydrogens is 466 g/mol. The zero-order chi connectivity index (χ0) is 24.6. The summed E-state index contributed by atoms with van der Waals surface area (Å²) in [7, 11) is 1.52. The third-order valence-corrected chi connectivity index (χ3v) is 5.89. The molecule has 9 heteroatoms. The standard InChI is InChI=1S/C26H28ClN5O3/c1-35-23-7-3-2-6-22(23)24(30-26(34)29-20-10-8-18(27)9-11-20)25(33)28-19-12-14-21(15-13-19)31-32-16-4-5-17-32/h2-3,6-15,24,31H,4-5,16-17H2,1H3,(H,28,33)(H2,29,30,34). The molecule has 1 fully saturated rings. The Kier molecular flexibility index (Phi) is 8.07. The average molecular weight is 494 g/mol. The molecular formula is C26H28ClN5O3. The molecule has 4 N–H and O–H groups in total. The largest absolute Gasteiger partial charge is 0.496 e. The number of hydrogen-bond acceptors (Lipinski definition) is 5. The van der Waals surface area contributed by atoms with Crippen molar-refractivity contribution < 1.29 is 14.3 Å². The number of ether oxygens (including phenoxy) is 1. The first-order valence-corrected chi connectivity index (χ1v) is 11.8. The highest BCUT2D eigenvalue weighted by atomic mass is 35.5. The molecule has 3 amide bonds. The summed E-state index contributed by atoms with van der Waals surface area (Å²) in [5.41, 5.74) is 6.01. The quantitative estimate of drug-likeness (QED) is 0.343. The molecule has 0 spiro atoms. The van der Waals surface area contributed by atoms with Gasteiger partial charge in [0.15, 0.2) is 0 Å². The highest BCUT2D eigenvalue weighted by Crippen LogP contribution is 2.27. The molecule has 8 nitrogen and oxygen atoms in total. The summed E-state index contributed by atoms with van der Waals surface area (Å²) in [5.74, 6) is 0.0885. The number of halogens is 1. The lowest BCUT2D eigenvalue weighted by Gasteiger charge is -2.21. The van der Waals surface area contributed by atoms with Crippen LogP contribution in [0.3, 0.4) is 0 Å². The van der Waals surface area contributed by atoms with Gasteiger partial charge in [-0.2, -0.15) is 0 Å². The normalized spacial score (nSPS) is 14.1. The monoisotopic (exact) mass is 493 g/mol. The van der Waals surface area contributed by atoms with Gasteiger partial charge in [-0.1, -0.05) is 29.8 Å². The maximum absolute atomic E-state index is 13.3. The number of hydrogen-bond donors (Lipinski definition) is 4. The summed E-state index contributed by atoms with van der Waals surface area (Å²) in [4.78, 5) is 26.1. The molecule has 1 atom stereocenters. The molecule has 1 unspecified atom stereocenters. The van der Waals surface area contributed by atoms with E-state index >= 15 is 0 Å². The van der Waals surface area contributed by atoms with Crippen molar-refractivity contribution >= 4 is 40.6 Å². The number of rotatable bonds is 8. The number of methoxy groups -OCH3 is 1. The highest BCUT2D eigenvalue weighted by Gasteiger charge is 2.26. The maximum Gasteiger partial charge on any atom is 0.320 e. The third kappa shape index (κ3) is 6.65. The Bertz CT molecular complexity index is 1150. The summed E-state index contributed by atoms with van der Waals surface area (Å²) < 4.78 is 5.44. The fraction of sp³-hybridized carbons (Fsp3) is 0.231. The Balaban J connectivity index is 1.48. The zero-order valence-electron chi connectivity index (χ0n) is 19.4. The number of urea groups is 1. The van der Waals surface area contributed by atoms with Crippen LogP contribution in [-0.4, -0.2) is 37.1 Å². The Hall–Kier alpha value is -3.75. The van der Waals surface area contributed by atoms with Crippen molar-refractivity contribution in [2.45, 2.75) is 18.9 Å². The van der Waals surface area contributed by atoms with Gasteiger partial charge in [-0.25, -0.2) is 9.80 Å². The minimum Gasteiger partial charge on any atom is -0.496 e. The van der Waals surface area contributed by atoms with Gasteiger partial charge in [0.1, 0.15) is 11.8 Å². The van der Waals surface area contributed by atoms with E-state index in [9.17, 15) is 9.59 Å². The van der Waals surface area contributed by atoms with Crippen molar-refractivity contribution in [2.24, 2.45) is 0 Å². The van der Waals surface area contributed by atoms with E-state index in [2.05, 4.69) is 26.4 Å². The zero-order valence-corrected chi connectivity index (χ0v) is 20.1. The Morgan fingerprint density at radius 2 is 1.46 bits per heavy atom. The molecule has 4 rings (SSSR count). The SMILES string of the molecule is COc1ccccc1C(NC(=O)Nc1ccc(Cl)cc1)C(=O)Nc1ccc(NN2CCCC2)cc1. The topological polar surface area (TPSA) is 94.7 Å². The van der Waals surface area contributed by atoms with Crippen LogP contribution in [0.2, 0.25) is 5.02 Å². The number of para-hydroxylation sites is 1. The van der Waals surface area contributed by atoms with Gasteiger partial charge >= 0.3 is 6.03 Å². The fourth-order valence-corrected chi connectivity index (χ4v) is 4.00. The molecule has 182 valence electrons. The van der Waals surface area contributed by atoms with Crippen LogP contribution in [0, 0.1) is 0 Å². The number of hydrazine groups is 1. The number of nitrogens with one attached hydrogen (secondary N) is 4. The van der Waals surface area contributed by atoms with E-state index in [1.807, 2.05) is 24.3 Å². The van der Waals surface area contributed by atoms with Crippen molar-refractivity contribution in [3.63, 3.8) is 0 Å². The molecule has 0 saturated carbocycles. The molecule has 0 bridgehead atoms. The van der Waals surface area contributed by atoms with E-state index in [0.717, 1.165) is 18.8 Å². The van der Waals surface area contributed by atoms with Gasteiger partial charge in [0.05, 0.1) is 7.11 Å². The van der Waals surface area contributed by atoms with Crippen LogP contribution in [0.25, 0.3) is 0 Å². The van der Waals surface area contributed by atoms with Gasteiger partial charge in [0.25, 0.3) is 5.91 Å². The molecule has 1 heterocycles. The summed E-state index contributed by atoms with van der Waals surface area (Å²) >= 11 is 5.92. The number of amides is 3. The molecule has 1 aliphatic heterocycles. The lowest BCUT2D eigenvalue weighted by Crippen LogP contribution is -2.39. The van der Waals surface area contributed by atoms with Gasteiger partial charge in [-0.3, -0.25) is 4.79 Å². The molecule has 1 aliphatic rings. The van der Waals surface area contributed by atoms with Crippen molar-refractivity contribution in [2.75, 3.05) is 36.3 Å². The summed E-state index contributed by atoms with van der Waals surface area (Å²) in [6, 6.07) is 19.7. The minimum absolute atomic E-state index is 0.402. The first-order valence-electron chi connectivity index (χ1n) is 11.4. The highest BCUT2D eigenvalue weighted by molar-refractivity contribution is 6.30. The van der Waals surface area contributed by atoms with Crippen LogP contribution >= 0.6 is 11.6 Å². The lowest BCUT2D eigenvalue weighted by molar-refractivity contribution is -0.118. The number of anilines is 3. The predicted molar refractivity (Wildman–Crippen MR) is 139 cm³/mol. The van der Waals surface area contributed by atoms with E-state index in [1.54, 1.807) is 48.5 Å². The van der Waals surface area contributed by atoms with E-state index in [0.29, 0.717) is 27.7 Å². The number of nitrogens with zero attached hydrogens (tertiary/aromatic N) is 1. The smallest absolute Gasteiger partial charge is 0.320 e. The minimum atomic E-state index is -0.999. The Morgan fingerprint density at radius 1 is 0.857 bits per heavy atom. The van der Waals surface area contributed by atoms with Gasteiger partial charge in [-0.05, 0) is 67.4 Å². The average Bonchev–Trinajstić information content (AvgIpc) is 3.38. The molecule has 35 heavy (non-hydrogen) atoms.